The molecule has 0 amide bonds. The summed E-state index contributed by atoms with van der Waals surface area (Å²) in [5.74, 6) is -0.0864. The number of benzene rings is 1. The molecule has 0 fully saturated rings. The van der Waals surface area contributed by atoms with E-state index < -0.39 is 5.97 Å². The van der Waals surface area contributed by atoms with Crippen LogP contribution in [0.25, 0.3) is 0 Å². The van der Waals surface area contributed by atoms with Gasteiger partial charge in [0.25, 0.3) is 0 Å². The van der Waals surface area contributed by atoms with E-state index in [9.17, 15) is 4.79 Å². The third kappa shape index (κ3) is 4.50. The van der Waals surface area contributed by atoms with Gasteiger partial charge in [0.15, 0.2) is 0 Å². The maximum atomic E-state index is 10.7. The van der Waals surface area contributed by atoms with Crippen LogP contribution in [-0.4, -0.2) is 36.2 Å². The number of halogens is 1. The third-order valence-corrected chi connectivity index (χ3v) is 2.99. The molecule has 1 aromatic carbocycles. The number of ether oxygens (including phenoxy) is 1. The van der Waals surface area contributed by atoms with Crippen molar-refractivity contribution in [1.29, 1.82) is 0 Å². The maximum absolute atomic E-state index is 10.7. The molecule has 0 unspecified atom stereocenters. The molecule has 5 heteroatoms. The minimum Gasteiger partial charge on any atom is -0.496 e. The minimum atomic E-state index is -0.843. The zero-order chi connectivity index (χ0) is 13.5. The molecule has 18 heavy (non-hydrogen) atoms. The van der Waals surface area contributed by atoms with E-state index in [1.807, 2.05) is 18.2 Å². The highest BCUT2D eigenvalue weighted by Gasteiger charge is 2.10. The van der Waals surface area contributed by atoms with Crippen LogP contribution in [-0.2, 0) is 11.3 Å². The van der Waals surface area contributed by atoms with Gasteiger partial charge < -0.3 is 9.84 Å². The van der Waals surface area contributed by atoms with Crippen LogP contribution in [0.3, 0.4) is 0 Å². The Morgan fingerprint density at radius 3 is 2.83 bits per heavy atom. The summed E-state index contributed by atoms with van der Waals surface area (Å²) in [7, 11) is 1.61. The summed E-state index contributed by atoms with van der Waals surface area (Å²) in [5, 5.41) is 8.82. The summed E-state index contributed by atoms with van der Waals surface area (Å²) in [6, 6.07) is 5.70. The average molecular weight is 314 g/mol. The fourth-order valence-corrected chi connectivity index (χ4v) is 2.21. The van der Waals surface area contributed by atoms with Gasteiger partial charge in [0, 0.05) is 13.1 Å². The van der Waals surface area contributed by atoms with E-state index in [2.05, 4.69) is 22.5 Å². The monoisotopic (exact) mass is 313 g/mol. The molecule has 0 heterocycles. The van der Waals surface area contributed by atoms with E-state index in [1.54, 1.807) is 18.1 Å². The second-order valence-electron chi connectivity index (χ2n) is 3.82. The Morgan fingerprint density at radius 1 is 1.61 bits per heavy atom. The molecule has 1 aromatic rings. The summed E-state index contributed by atoms with van der Waals surface area (Å²) in [4.78, 5) is 12.5. The van der Waals surface area contributed by atoms with Crippen molar-refractivity contribution in [3.05, 3.63) is 40.9 Å². The maximum Gasteiger partial charge on any atom is 0.317 e. The van der Waals surface area contributed by atoms with Crippen molar-refractivity contribution in [3.63, 3.8) is 0 Å². The van der Waals surface area contributed by atoms with Gasteiger partial charge in [-0.05, 0) is 33.6 Å². The fraction of sp³-hybridized carbons (Fsp3) is 0.308. The largest absolute Gasteiger partial charge is 0.496 e. The molecule has 1 N–H and O–H groups in total. The summed E-state index contributed by atoms with van der Waals surface area (Å²) >= 11 is 3.41. The quantitative estimate of drug-likeness (QED) is 0.786. The lowest BCUT2D eigenvalue weighted by Crippen LogP contribution is -2.29. The Morgan fingerprint density at radius 2 is 2.33 bits per heavy atom. The Kier molecular flexibility index (Phi) is 5.88. The van der Waals surface area contributed by atoms with Crippen LogP contribution < -0.4 is 4.74 Å². The molecule has 1 rings (SSSR count). The lowest BCUT2D eigenvalue weighted by molar-refractivity contribution is -0.138. The van der Waals surface area contributed by atoms with Gasteiger partial charge in [-0.25, -0.2) is 0 Å². The lowest BCUT2D eigenvalue weighted by atomic mass is 10.2. The number of carboxylic acids is 1. The highest BCUT2D eigenvalue weighted by molar-refractivity contribution is 9.10. The summed E-state index contributed by atoms with van der Waals surface area (Å²) in [6.45, 7) is 4.72. The number of methoxy groups -OCH3 is 1. The molecule has 0 saturated carbocycles. The molecule has 0 aromatic heterocycles. The van der Waals surface area contributed by atoms with Crippen LogP contribution in [0.4, 0.5) is 0 Å². The van der Waals surface area contributed by atoms with Gasteiger partial charge in [0.1, 0.15) is 5.75 Å². The average Bonchev–Trinajstić information content (AvgIpc) is 2.28. The predicted octanol–water partition coefficient (Wildman–Crippen LogP) is 2.53. The van der Waals surface area contributed by atoms with Crippen LogP contribution in [0.15, 0.2) is 35.3 Å². The van der Waals surface area contributed by atoms with Gasteiger partial charge in [-0.15, -0.1) is 6.58 Å². The second-order valence-corrected chi connectivity index (χ2v) is 4.68. The van der Waals surface area contributed by atoms with Crippen LogP contribution in [0.5, 0.6) is 5.75 Å². The molecule has 0 aliphatic carbocycles. The number of nitrogens with zero attached hydrogens (tertiary/aromatic N) is 1. The van der Waals surface area contributed by atoms with Gasteiger partial charge in [-0.3, -0.25) is 9.69 Å². The molecule has 0 aliphatic heterocycles. The number of carboxylic acid groups (broad SMARTS) is 1. The topological polar surface area (TPSA) is 49.8 Å². The van der Waals surface area contributed by atoms with Crippen LogP contribution in [0.2, 0.25) is 0 Å². The Labute approximate surface area is 115 Å². The Bertz CT molecular complexity index is 434. The SMILES string of the molecule is C=CCN(CC(=O)O)Cc1ccc(OC)c(Br)c1. The zero-order valence-electron chi connectivity index (χ0n) is 10.2. The zero-order valence-corrected chi connectivity index (χ0v) is 11.8. The highest BCUT2D eigenvalue weighted by Crippen LogP contribution is 2.25. The molecular weight excluding hydrogens is 298 g/mol. The fourth-order valence-electron chi connectivity index (χ4n) is 1.63. The normalized spacial score (nSPS) is 10.4. The van der Waals surface area contributed by atoms with Gasteiger partial charge in [-0.2, -0.15) is 0 Å². The van der Waals surface area contributed by atoms with E-state index in [0.717, 1.165) is 15.8 Å². The van der Waals surface area contributed by atoms with E-state index in [1.165, 1.54) is 0 Å². The first-order valence-electron chi connectivity index (χ1n) is 5.44. The van der Waals surface area contributed by atoms with Gasteiger partial charge in [-0.1, -0.05) is 12.1 Å². The number of rotatable bonds is 7. The van der Waals surface area contributed by atoms with Crippen molar-refractivity contribution < 1.29 is 14.6 Å². The molecule has 0 aliphatic rings. The third-order valence-electron chi connectivity index (χ3n) is 2.37. The van der Waals surface area contributed by atoms with E-state index >= 15 is 0 Å². The number of hydrogen-bond acceptors (Lipinski definition) is 3. The van der Waals surface area contributed by atoms with E-state index in [-0.39, 0.29) is 6.54 Å². The van der Waals surface area contributed by atoms with Gasteiger partial charge in [0.2, 0.25) is 0 Å². The molecular formula is C13H16BrNO3. The van der Waals surface area contributed by atoms with Crippen LogP contribution >= 0.6 is 15.9 Å². The lowest BCUT2D eigenvalue weighted by Gasteiger charge is -2.18. The summed E-state index contributed by atoms with van der Waals surface area (Å²) in [6.07, 6.45) is 1.70. The van der Waals surface area contributed by atoms with E-state index in [4.69, 9.17) is 9.84 Å². The van der Waals surface area contributed by atoms with Crippen molar-refractivity contribution in [2.75, 3.05) is 20.2 Å². The summed E-state index contributed by atoms with van der Waals surface area (Å²) in [5.41, 5.74) is 1.02. The van der Waals surface area contributed by atoms with Crippen LogP contribution in [0, 0.1) is 0 Å². The van der Waals surface area contributed by atoms with Crippen molar-refractivity contribution in [3.8, 4) is 5.75 Å². The first-order valence-corrected chi connectivity index (χ1v) is 6.23. The Hall–Kier alpha value is -1.33. The molecule has 0 spiro atoms. The molecule has 0 bridgehead atoms. The van der Waals surface area contributed by atoms with Gasteiger partial charge >= 0.3 is 5.97 Å². The molecule has 0 saturated heterocycles. The van der Waals surface area contributed by atoms with Crippen molar-refractivity contribution in [2.24, 2.45) is 0 Å². The molecule has 98 valence electrons. The summed E-state index contributed by atoms with van der Waals surface area (Å²) < 4.78 is 6.00. The first-order chi connectivity index (χ1) is 8.56. The van der Waals surface area contributed by atoms with Crippen LogP contribution in [0.1, 0.15) is 5.56 Å². The Balaban J connectivity index is 2.76. The number of aliphatic carboxylic acids is 1. The minimum absolute atomic E-state index is 0.00430. The van der Waals surface area contributed by atoms with E-state index in [0.29, 0.717) is 13.1 Å². The number of hydrogen-bond donors (Lipinski definition) is 1. The predicted molar refractivity (Wildman–Crippen MR) is 73.8 cm³/mol. The van der Waals surface area contributed by atoms with Gasteiger partial charge in [0.05, 0.1) is 18.1 Å². The van der Waals surface area contributed by atoms with Crippen molar-refractivity contribution in [2.45, 2.75) is 6.54 Å². The number of carbonyl (C=O) groups is 1. The molecule has 4 nitrogen and oxygen atoms in total. The highest BCUT2D eigenvalue weighted by atomic mass is 79.9. The second kappa shape index (κ2) is 7.18. The standard InChI is InChI=1S/C13H16BrNO3/c1-3-6-15(9-13(16)17)8-10-4-5-12(18-2)11(14)7-10/h3-5,7H,1,6,8-9H2,2H3,(H,16,17). The van der Waals surface area contributed by atoms with Crippen molar-refractivity contribution in [1.82, 2.24) is 4.90 Å². The smallest absolute Gasteiger partial charge is 0.317 e. The molecule has 0 atom stereocenters. The van der Waals surface area contributed by atoms with Crippen molar-refractivity contribution >= 4 is 21.9 Å². The molecule has 0 radical (unpaired) electrons. The first kappa shape index (κ1) is 14.7.